The third-order valence-electron chi connectivity index (χ3n) is 2.61. The van der Waals surface area contributed by atoms with E-state index in [2.05, 4.69) is 5.10 Å². The Labute approximate surface area is 110 Å². The van der Waals surface area contributed by atoms with Crippen molar-refractivity contribution in [3.05, 3.63) is 41.2 Å². The van der Waals surface area contributed by atoms with Crippen LogP contribution in [0.25, 0.3) is 11.1 Å². The van der Waals surface area contributed by atoms with E-state index in [0.717, 1.165) is 17.4 Å². The van der Waals surface area contributed by atoms with E-state index in [9.17, 15) is 4.79 Å². The Kier molecular flexibility index (Phi) is 4.12. The Hall–Kier alpha value is -1.65. The molecule has 2 aromatic rings. The molecule has 2 rings (SSSR count). The van der Waals surface area contributed by atoms with E-state index in [4.69, 9.17) is 16.3 Å². The second kappa shape index (κ2) is 5.80. The van der Waals surface area contributed by atoms with Crippen LogP contribution in [0, 0.1) is 0 Å². The minimum absolute atomic E-state index is 0.594. The van der Waals surface area contributed by atoms with Gasteiger partial charge in [0, 0.05) is 29.5 Å². The van der Waals surface area contributed by atoms with Crippen LogP contribution in [0.5, 0.6) is 0 Å². The molecule has 1 aromatic carbocycles. The molecule has 0 spiro atoms. The van der Waals surface area contributed by atoms with Crippen LogP contribution in [0.1, 0.15) is 10.4 Å². The molecule has 0 N–H and O–H groups in total. The SMILES string of the molecule is COCCn1cc(-c2cc(Cl)ccc2C=O)cn1. The molecular formula is C13H13ClN2O2. The number of aldehydes is 1. The van der Waals surface area contributed by atoms with Crippen LogP contribution < -0.4 is 0 Å². The molecule has 1 heterocycles. The predicted molar refractivity (Wildman–Crippen MR) is 69.9 cm³/mol. The first-order chi connectivity index (χ1) is 8.74. The maximum absolute atomic E-state index is 11.0. The van der Waals surface area contributed by atoms with Gasteiger partial charge in [0.1, 0.15) is 0 Å². The highest BCUT2D eigenvalue weighted by Crippen LogP contribution is 2.25. The van der Waals surface area contributed by atoms with Gasteiger partial charge in [0.15, 0.2) is 6.29 Å². The molecule has 0 fully saturated rings. The third kappa shape index (κ3) is 2.78. The lowest BCUT2D eigenvalue weighted by molar-refractivity contribution is 0.112. The van der Waals surface area contributed by atoms with Crippen molar-refractivity contribution in [3.8, 4) is 11.1 Å². The summed E-state index contributed by atoms with van der Waals surface area (Å²) in [7, 11) is 1.64. The van der Waals surface area contributed by atoms with E-state index in [0.29, 0.717) is 23.7 Å². The number of methoxy groups -OCH3 is 1. The number of rotatable bonds is 5. The Bertz CT molecular complexity index is 552. The first-order valence-electron chi connectivity index (χ1n) is 5.51. The smallest absolute Gasteiger partial charge is 0.150 e. The minimum atomic E-state index is 0.594. The molecule has 4 nitrogen and oxygen atoms in total. The molecule has 0 bridgehead atoms. The zero-order valence-corrected chi connectivity index (χ0v) is 10.7. The van der Waals surface area contributed by atoms with Gasteiger partial charge in [0.25, 0.3) is 0 Å². The Balaban J connectivity index is 2.33. The number of hydrogen-bond donors (Lipinski definition) is 0. The summed E-state index contributed by atoms with van der Waals surface area (Å²) in [5, 5.41) is 4.81. The predicted octanol–water partition coefficient (Wildman–Crippen LogP) is 2.66. The topological polar surface area (TPSA) is 44.1 Å². The number of carbonyl (C=O) groups is 1. The normalized spacial score (nSPS) is 10.6. The highest BCUT2D eigenvalue weighted by molar-refractivity contribution is 6.31. The molecule has 0 aliphatic carbocycles. The number of carbonyl (C=O) groups excluding carboxylic acids is 1. The van der Waals surface area contributed by atoms with Gasteiger partial charge in [0.05, 0.1) is 19.3 Å². The maximum Gasteiger partial charge on any atom is 0.150 e. The van der Waals surface area contributed by atoms with Crippen LogP contribution in [0.2, 0.25) is 5.02 Å². The minimum Gasteiger partial charge on any atom is -0.383 e. The monoisotopic (exact) mass is 264 g/mol. The molecule has 0 aliphatic rings. The van der Waals surface area contributed by atoms with E-state index < -0.39 is 0 Å². The summed E-state index contributed by atoms with van der Waals surface area (Å²) in [6.07, 6.45) is 4.41. The van der Waals surface area contributed by atoms with Crippen molar-refractivity contribution in [1.82, 2.24) is 9.78 Å². The van der Waals surface area contributed by atoms with Crippen LogP contribution in [0.15, 0.2) is 30.6 Å². The second-order valence-corrected chi connectivity index (χ2v) is 4.27. The van der Waals surface area contributed by atoms with Gasteiger partial charge in [0.2, 0.25) is 0 Å². The summed E-state index contributed by atoms with van der Waals surface area (Å²) in [6.45, 7) is 1.27. The standard InChI is InChI=1S/C13H13ClN2O2/c1-18-5-4-16-8-11(7-15-16)13-6-12(14)3-2-10(13)9-17/h2-3,6-9H,4-5H2,1H3. The molecule has 0 unspecified atom stereocenters. The van der Waals surface area contributed by atoms with Crippen molar-refractivity contribution in [1.29, 1.82) is 0 Å². The Morgan fingerprint density at radius 2 is 2.33 bits per heavy atom. The van der Waals surface area contributed by atoms with E-state index in [1.807, 2.05) is 6.20 Å². The number of nitrogens with zero attached hydrogens (tertiary/aromatic N) is 2. The number of halogens is 1. The molecule has 5 heteroatoms. The Morgan fingerprint density at radius 3 is 3.06 bits per heavy atom. The maximum atomic E-state index is 11.0. The fraction of sp³-hybridized carbons (Fsp3) is 0.231. The van der Waals surface area contributed by atoms with Gasteiger partial charge in [-0.1, -0.05) is 11.6 Å². The number of benzene rings is 1. The summed E-state index contributed by atoms with van der Waals surface area (Å²) in [4.78, 5) is 11.0. The van der Waals surface area contributed by atoms with Gasteiger partial charge in [-0.15, -0.1) is 0 Å². The lowest BCUT2D eigenvalue weighted by atomic mass is 10.0. The average Bonchev–Trinajstić information content (AvgIpc) is 2.85. The number of aromatic nitrogens is 2. The molecule has 0 saturated carbocycles. The molecule has 1 aromatic heterocycles. The van der Waals surface area contributed by atoms with Crippen molar-refractivity contribution in [2.75, 3.05) is 13.7 Å². The van der Waals surface area contributed by atoms with E-state index >= 15 is 0 Å². The van der Waals surface area contributed by atoms with Gasteiger partial charge in [-0.3, -0.25) is 9.48 Å². The number of hydrogen-bond acceptors (Lipinski definition) is 3. The first kappa shape index (κ1) is 12.8. The summed E-state index contributed by atoms with van der Waals surface area (Å²) >= 11 is 5.95. The van der Waals surface area contributed by atoms with Crippen LogP contribution in [0.4, 0.5) is 0 Å². The molecule has 0 amide bonds. The van der Waals surface area contributed by atoms with Crippen LogP contribution in [-0.2, 0) is 11.3 Å². The zero-order valence-electron chi connectivity index (χ0n) is 9.97. The third-order valence-corrected chi connectivity index (χ3v) is 2.85. The molecule has 0 radical (unpaired) electrons. The van der Waals surface area contributed by atoms with Gasteiger partial charge in [-0.25, -0.2) is 0 Å². The average molecular weight is 265 g/mol. The quantitative estimate of drug-likeness (QED) is 0.780. The van der Waals surface area contributed by atoms with Crippen LogP contribution >= 0.6 is 11.6 Å². The molecule has 0 saturated heterocycles. The van der Waals surface area contributed by atoms with Gasteiger partial charge < -0.3 is 4.74 Å². The van der Waals surface area contributed by atoms with Crippen LogP contribution in [0.3, 0.4) is 0 Å². The molecular weight excluding hydrogens is 252 g/mol. The summed E-state index contributed by atoms with van der Waals surface area (Å²) in [6, 6.07) is 5.17. The largest absolute Gasteiger partial charge is 0.383 e. The van der Waals surface area contributed by atoms with Crippen LogP contribution in [-0.4, -0.2) is 29.8 Å². The Morgan fingerprint density at radius 1 is 1.50 bits per heavy atom. The van der Waals surface area contributed by atoms with Crippen molar-refractivity contribution in [2.24, 2.45) is 0 Å². The zero-order chi connectivity index (χ0) is 13.0. The second-order valence-electron chi connectivity index (χ2n) is 3.83. The molecule has 0 atom stereocenters. The fourth-order valence-corrected chi connectivity index (χ4v) is 1.86. The lowest BCUT2D eigenvalue weighted by Gasteiger charge is -2.02. The van der Waals surface area contributed by atoms with E-state index in [1.165, 1.54) is 0 Å². The van der Waals surface area contributed by atoms with Crippen molar-refractivity contribution >= 4 is 17.9 Å². The molecule has 18 heavy (non-hydrogen) atoms. The molecule has 0 aliphatic heterocycles. The first-order valence-corrected chi connectivity index (χ1v) is 5.89. The van der Waals surface area contributed by atoms with Gasteiger partial charge >= 0.3 is 0 Å². The van der Waals surface area contributed by atoms with Crippen molar-refractivity contribution < 1.29 is 9.53 Å². The number of ether oxygens (including phenoxy) is 1. The van der Waals surface area contributed by atoms with E-state index in [1.54, 1.807) is 36.2 Å². The van der Waals surface area contributed by atoms with E-state index in [-0.39, 0.29) is 0 Å². The summed E-state index contributed by atoms with van der Waals surface area (Å²) in [5.74, 6) is 0. The summed E-state index contributed by atoms with van der Waals surface area (Å²) in [5.41, 5.74) is 2.27. The lowest BCUT2D eigenvalue weighted by Crippen LogP contribution is -2.03. The summed E-state index contributed by atoms with van der Waals surface area (Å²) < 4.78 is 6.76. The highest BCUT2D eigenvalue weighted by Gasteiger charge is 2.08. The fourth-order valence-electron chi connectivity index (χ4n) is 1.69. The van der Waals surface area contributed by atoms with Gasteiger partial charge in [-0.05, 0) is 23.8 Å². The van der Waals surface area contributed by atoms with Crippen molar-refractivity contribution in [2.45, 2.75) is 6.54 Å². The van der Waals surface area contributed by atoms with Crippen molar-refractivity contribution in [3.63, 3.8) is 0 Å². The molecule has 94 valence electrons. The van der Waals surface area contributed by atoms with Gasteiger partial charge in [-0.2, -0.15) is 5.10 Å². The highest BCUT2D eigenvalue weighted by atomic mass is 35.5.